The number of hydrogen-bond donors (Lipinski definition) is 1. The third kappa shape index (κ3) is 3.76. The first-order valence-corrected chi connectivity index (χ1v) is 5.88. The summed E-state index contributed by atoms with van der Waals surface area (Å²) in [5, 5.41) is 0. The van der Waals surface area contributed by atoms with Crippen molar-refractivity contribution in [1.82, 2.24) is 4.90 Å². The highest BCUT2D eigenvalue weighted by Gasteiger charge is 2.36. The molecule has 0 spiro atoms. The van der Waals surface area contributed by atoms with E-state index in [1.807, 2.05) is 11.8 Å². The number of hydrogen-bond acceptors (Lipinski definition) is 3. The molecule has 2 N–H and O–H groups in total. The van der Waals surface area contributed by atoms with Crippen LogP contribution in [0.2, 0.25) is 0 Å². The molecule has 0 saturated carbocycles. The van der Waals surface area contributed by atoms with Crippen molar-refractivity contribution in [3.05, 3.63) is 0 Å². The maximum Gasteiger partial charge on any atom is 0.248 e. The lowest BCUT2D eigenvalue weighted by molar-refractivity contribution is -0.163. The van der Waals surface area contributed by atoms with Crippen LogP contribution in [0.15, 0.2) is 0 Å². The van der Waals surface area contributed by atoms with Crippen molar-refractivity contribution < 1.29 is 9.53 Å². The standard InChI is InChI=1S/C12H24N2O2/c1-11(2,3)8-14-9-12(4,5-6-13)16-7-10(14)15/h5-9,13H2,1-4H3. The predicted octanol–water partition coefficient (Wildman–Crippen LogP) is 0.999. The van der Waals surface area contributed by atoms with E-state index in [1.165, 1.54) is 0 Å². The van der Waals surface area contributed by atoms with Crippen LogP contribution < -0.4 is 5.73 Å². The van der Waals surface area contributed by atoms with Gasteiger partial charge in [0.25, 0.3) is 0 Å². The van der Waals surface area contributed by atoms with Gasteiger partial charge in [0.1, 0.15) is 6.61 Å². The molecule has 1 rings (SSSR count). The van der Waals surface area contributed by atoms with E-state index in [1.54, 1.807) is 0 Å². The summed E-state index contributed by atoms with van der Waals surface area (Å²) in [5.41, 5.74) is 5.42. The van der Waals surface area contributed by atoms with Crippen molar-refractivity contribution in [3.8, 4) is 0 Å². The maximum atomic E-state index is 11.7. The summed E-state index contributed by atoms with van der Waals surface area (Å²) in [6.07, 6.45) is 0.793. The van der Waals surface area contributed by atoms with Crippen LogP contribution in [0.1, 0.15) is 34.1 Å². The first kappa shape index (κ1) is 13.5. The Morgan fingerprint density at radius 3 is 2.62 bits per heavy atom. The molecule has 0 bridgehead atoms. The van der Waals surface area contributed by atoms with Crippen molar-refractivity contribution >= 4 is 5.91 Å². The summed E-state index contributed by atoms with van der Waals surface area (Å²) in [6, 6.07) is 0. The number of amides is 1. The Kier molecular flexibility index (Phi) is 3.97. The molecule has 0 aromatic carbocycles. The van der Waals surface area contributed by atoms with E-state index in [0.29, 0.717) is 13.1 Å². The lowest BCUT2D eigenvalue weighted by Crippen LogP contribution is -2.55. The van der Waals surface area contributed by atoms with Gasteiger partial charge in [-0.25, -0.2) is 0 Å². The Morgan fingerprint density at radius 2 is 2.12 bits per heavy atom. The quantitative estimate of drug-likeness (QED) is 0.784. The number of ether oxygens (including phenoxy) is 1. The Hall–Kier alpha value is -0.610. The van der Waals surface area contributed by atoms with Gasteiger partial charge in [-0.05, 0) is 25.3 Å². The molecule has 0 aromatic heterocycles. The van der Waals surface area contributed by atoms with Gasteiger partial charge in [-0.15, -0.1) is 0 Å². The van der Waals surface area contributed by atoms with E-state index in [2.05, 4.69) is 20.8 Å². The fraction of sp³-hybridized carbons (Fsp3) is 0.917. The second-order valence-corrected chi connectivity index (χ2v) is 6.09. The second-order valence-electron chi connectivity index (χ2n) is 6.09. The molecule has 94 valence electrons. The van der Waals surface area contributed by atoms with Gasteiger partial charge in [0.2, 0.25) is 5.91 Å². The molecule has 1 amide bonds. The molecule has 0 radical (unpaired) electrons. The van der Waals surface area contributed by atoms with Gasteiger partial charge >= 0.3 is 0 Å². The molecule has 1 saturated heterocycles. The van der Waals surface area contributed by atoms with E-state index in [9.17, 15) is 4.79 Å². The SMILES string of the molecule is CC(C)(C)CN1CC(C)(CCN)OCC1=O. The monoisotopic (exact) mass is 228 g/mol. The van der Waals surface area contributed by atoms with Crippen molar-refractivity contribution in [1.29, 1.82) is 0 Å². The third-order valence-electron chi connectivity index (χ3n) is 2.76. The first-order valence-electron chi connectivity index (χ1n) is 5.88. The fourth-order valence-corrected chi connectivity index (χ4v) is 2.04. The fourth-order valence-electron chi connectivity index (χ4n) is 2.04. The summed E-state index contributed by atoms with van der Waals surface area (Å²) in [5.74, 6) is 0.0874. The zero-order valence-corrected chi connectivity index (χ0v) is 10.9. The number of carbonyl (C=O) groups excluding carboxylic acids is 1. The van der Waals surface area contributed by atoms with Gasteiger partial charge in [0.05, 0.1) is 5.60 Å². The minimum atomic E-state index is -0.270. The summed E-state index contributed by atoms with van der Waals surface area (Å²) in [4.78, 5) is 13.6. The normalized spacial score (nSPS) is 27.3. The van der Waals surface area contributed by atoms with Crippen molar-refractivity contribution in [3.63, 3.8) is 0 Å². The van der Waals surface area contributed by atoms with Gasteiger partial charge in [0.15, 0.2) is 0 Å². The van der Waals surface area contributed by atoms with E-state index in [0.717, 1.165) is 13.0 Å². The lowest BCUT2D eigenvalue weighted by Gasteiger charge is -2.42. The third-order valence-corrected chi connectivity index (χ3v) is 2.76. The van der Waals surface area contributed by atoms with Crippen LogP contribution in [0.5, 0.6) is 0 Å². The minimum Gasteiger partial charge on any atom is -0.364 e. The molecule has 0 aliphatic carbocycles. The lowest BCUT2D eigenvalue weighted by atomic mass is 9.93. The van der Waals surface area contributed by atoms with Crippen LogP contribution in [0, 0.1) is 5.41 Å². The molecular weight excluding hydrogens is 204 g/mol. The smallest absolute Gasteiger partial charge is 0.248 e. The maximum absolute atomic E-state index is 11.7. The summed E-state index contributed by atoms with van der Waals surface area (Å²) in [6.45, 7) is 10.6. The number of carbonyl (C=O) groups is 1. The molecule has 1 heterocycles. The average molecular weight is 228 g/mol. The Bertz CT molecular complexity index is 260. The molecule has 1 atom stereocenters. The first-order chi connectivity index (χ1) is 7.26. The molecule has 4 nitrogen and oxygen atoms in total. The minimum absolute atomic E-state index is 0.0874. The molecule has 1 aliphatic heterocycles. The topological polar surface area (TPSA) is 55.6 Å². The van der Waals surface area contributed by atoms with Gasteiger partial charge in [-0.2, -0.15) is 0 Å². The van der Waals surface area contributed by atoms with Crippen molar-refractivity contribution in [2.45, 2.75) is 39.7 Å². The summed E-state index contributed by atoms with van der Waals surface area (Å²) < 4.78 is 5.59. The molecule has 0 aromatic rings. The van der Waals surface area contributed by atoms with Gasteiger partial charge in [0, 0.05) is 13.1 Å². The van der Waals surface area contributed by atoms with Crippen molar-refractivity contribution in [2.75, 3.05) is 26.2 Å². The highest BCUT2D eigenvalue weighted by Crippen LogP contribution is 2.24. The zero-order chi connectivity index (χ0) is 12.4. The summed E-state index contributed by atoms with van der Waals surface area (Å²) >= 11 is 0. The molecule has 1 unspecified atom stereocenters. The number of nitrogens with zero attached hydrogens (tertiary/aromatic N) is 1. The average Bonchev–Trinajstić information content (AvgIpc) is 2.10. The number of morpholine rings is 1. The molecule has 16 heavy (non-hydrogen) atoms. The number of rotatable bonds is 3. The zero-order valence-electron chi connectivity index (χ0n) is 10.9. The van der Waals surface area contributed by atoms with Gasteiger partial charge in [-0.1, -0.05) is 20.8 Å². The molecule has 4 heteroatoms. The van der Waals surface area contributed by atoms with Crippen LogP contribution in [0.4, 0.5) is 0 Å². The Morgan fingerprint density at radius 1 is 1.50 bits per heavy atom. The van der Waals surface area contributed by atoms with E-state index >= 15 is 0 Å². The van der Waals surface area contributed by atoms with Gasteiger partial charge in [-0.3, -0.25) is 4.79 Å². The predicted molar refractivity (Wildman–Crippen MR) is 64.1 cm³/mol. The molecule has 1 fully saturated rings. The van der Waals surface area contributed by atoms with Crippen LogP contribution >= 0.6 is 0 Å². The second kappa shape index (κ2) is 4.72. The largest absolute Gasteiger partial charge is 0.364 e. The van der Waals surface area contributed by atoms with Gasteiger partial charge < -0.3 is 15.4 Å². The summed E-state index contributed by atoms with van der Waals surface area (Å²) in [7, 11) is 0. The van der Waals surface area contributed by atoms with Crippen LogP contribution in [-0.4, -0.2) is 42.6 Å². The Labute approximate surface area is 98.1 Å². The van der Waals surface area contributed by atoms with Crippen molar-refractivity contribution in [2.24, 2.45) is 11.1 Å². The van der Waals surface area contributed by atoms with Crippen LogP contribution in [0.3, 0.4) is 0 Å². The van der Waals surface area contributed by atoms with Crippen LogP contribution in [0.25, 0.3) is 0 Å². The van der Waals surface area contributed by atoms with E-state index in [-0.39, 0.29) is 23.5 Å². The number of nitrogens with two attached hydrogens (primary N) is 1. The molecule has 1 aliphatic rings. The molecular formula is C12H24N2O2. The highest BCUT2D eigenvalue weighted by molar-refractivity contribution is 5.78. The Balaban J connectivity index is 2.65. The van der Waals surface area contributed by atoms with E-state index in [4.69, 9.17) is 10.5 Å². The van der Waals surface area contributed by atoms with Crippen LogP contribution in [-0.2, 0) is 9.53 Å². The highest BCUT2D eigenvalue weighted by atomic mass is 16.5. The van der Waals surface area contributed by atoms with E-state index < -0.39 is 0 Å².